The van der Waals surface area contributed by atoms with Crippen LogP contribution in [-0.2, 0) is 17.8 Å². The molecule has 0 aliphatic carbocycles. The summed E-state index contributed by atoms with van der Waals surface area (Å²) in [5.74, 6) is -0.119. The number of carbonyl (C=O) groups excluding carboxylic acids is 2. The maximum Gasteiger partial charge on any atom is 0.276 e. The molecule has 3 N–H and O–H groups in total. The maximum atomic E-state index is 13.1. The number of nitrogens with one attached hydrogen (secondary N) is 1. The molecule has 11 nitrogen and oxygen atoms in total. The summed E-state index contributed by atoms with van der Waals surface area (Å²) in [4.78, 5) is 32.0. The molecular weight excluding hydrogens is 462 g/mol. The number of nitrogens with two attached hydrogens (primary N) is 1. The van der Waals surface area contributed by atoms with Gasteiger partial charge in [0.05, 0.1) is 31.0 Å². The fourth-order valence-corrected chi connectivity index (χ4v) is 4.31. The van der Waals surface area contributed by atoms with E-state index < -0.39 is 5.91 Å². The highest BCUT2D eigenvalue weighted by Crippen LogP contribution is 2.31. The molecule has 0 spiro atoms. The zero-order valence-corrected chi connectivity index (χ0v) is 20.8. The van der Waals surface area contributed by atoms with E-state index in [1.807, 2.05) is 18.4 Å². The number of nitrogens with zero attached hydrogens (tertiary/aromatic N) is 5. The molecule has 0 bridgehead atoms. The molecule has 3 heterocycles. The molecule has 0 radical (unpaired) electrons. The highest BCUT2D eigenvalue weighted by Gasteiger charge is 2.21. The minimum Gasteiger partial charge on any atom is -0.491 e. The number of allylic oxidation sites excluding steroid dienone is 1. The van der Waals surface area contributed by atoms with Gasteiger partial charge in [-0.2, -0.15) is 5.10 Å². The van der Waals surface area contributed by atoms with Crippen LogP contribution >= 0.6 is 0 Å². The summed E-state index contributed by atoms with van der Waals surface area (Å²) in [5.41, 5.74) is 8.19. The van der Waals surface area contributed by atoms with Crippen LogP contribution in [0.15, 0.2) is 30.9 Å². The Labute approximate surface area is 209 Å². The summed E-state index contributed by atoms with van der Waals surface area (Å²) in [5, 5.41) is 7.23. The SMILES string of the molecule is C=CCn1c(NC(=O)c2cc(C)nn2CC)nc2cc(C(N)=O)cc(OCCCN3CCOCC3)c21. The molecule has 0 atom stereocenters. The number of primary amides is 1. The number of hydrogen-bond acceptors (Lipinski definition) is 7. The van der Waals surface area contributed by atoms with Crippen molar-refractivity contribution in [2.24, 2.45) is 5.73 Å². The molecule has 1 fully saturated rings. The van der Waals surface area contributed by atoms with Gasteiger partial charge in [0.15, 0.2) is 0 Å². The third-order valence-electron chi connectivity index (χ3n) is 6.04. The van der Waals surface area contributed by atoms with E-state index in [9.17, 15) is 9.59 Å². The second kappa shape index (κ2) is 11.4. The summed E-state index contributed by atoms with van der Waals surface area (Å²) < 4.78 is 15.0. The number of rotatable bonds is 11. The molecule has 3 aromatic rings. The Morgan fingerprint density at radius 1 is 1.28 bits per heavy atom. The normalized spacial score (nSPS) is 14.2. The first kappa shape index (κ1) is 25.4. The first-order chi connectivity index (χ1) is 17.4. The molecular formula is C25H33N7O4. The third-order valence-corrected chi connectivity index (χ3v) is 6.04. The van der Waals surface area contributed by atoms with Crippen molar-refractivity contribution < 1.29 is 19.1 Å². The van der Waals surface area contributed by atoms with Gasteiger partial charge in [-0.05, 0) is 38.5 Å². The summed E-state index contributed by atoms with van der Waals surface area (Å²) in [6, 6.07) is 4.96. The highest BCUT2D eigenvalue weighted by molar-refractivity contribution is 6.04. The average molecular weight is 496 g/mol. The number of hydrogen-bond donors (Lipinski definition) is 2. The number of aromatic nitrogens is 4. The monoisotopic (exact) mass is 495 g/mol. The quantitative estimate of drug-likeness (QED) is 0.308. The zero-order chi connectivity index (χ0) is 25.7. The Morgan fingerprint density at radius 3 is 2.75 bits per heavy atom. The van der Waals surface area contributed by atoms with Crippen molar-refractivity contribution in [3.63, 3.8) is 0 Å². The number of anilines is 1. The first-order valence-corrected chi connectivity index (χ1v) is 12.1. The Morgan fingerprint density at radius 2 is 2.06 bits per heavy atom. The smallest absolute Gasteiger partial charge is 0.276 e. The van der Waals surface area contributed by atoms with Crippen molar-refractivity contribution in [1.29, 1.82) is 0 Å². The van der Waals surface area contributed by atoms with E-state index in [1.165, 1.54) is 0 Å². The molecule has 0 unspecified atom stereocenters. The Kier molecular flexibility index (Phi) is 8.01. The second-order valence-corrected chi connectivity index (χ2v) is 8.64. The first-order valence-electron chi connectivity index (χ1n) is 12.1. The van der Waals surface area contributed by atoms with E-state index in [2.05, 4.69) is 26.9 Å². The molecule has 4 rings (SSSR count). The average Bonchev–Trinajstić information content (AvgIpc) is 3.42. The van der Waals surface area contributed by atoms with Crippen molar-refractivity contribution in [3.8, 4) is 5.75 Å². The van der Waals surface area contributed by atoms with Crippen LogP contribution in [0.5, 0.6) is 5.75 Å². The van der Waals surface area contributed by atoms with Crippen molar-refractivity contribution in [3.05, 3.63) is 47.8 Å². The topological polar surface area (TPSA) is 130 Å². The molecule has 1 aromatic carbocycles. The van der Waals surface area contributed by atoms with Crippen molar-refractivity contribution in [2.75, 3.05) is 44.8 Å². The van der Waals surface area contributed by atoms with Crippen LogP contribution in [0.1, 0.15) is 39.9 Å². The van der Waals surface area contributed by atoms with Gasteiger partial charge in [0.2, 0.25) is 11.9 Å². The van der Waals surface area contributed by atoms with Gasteiger partial charge in [0.25, 0.3) is 5.91 Å². The van der Waals surface area contributed by atoms with Gasteiger partial charge in [0, 0.05) is 38.3 Å². The van der Waals surface area contributed by atoms with Gasteiger partial charge in [-0.25, -0.2) is 4.98 Å². The van der Waals surface area contributed by atoms with E-state index in [1.54, 1.807) is 29.0 Å². The van der Waals surface area contributed by atoms with Gasteiger partial charge >= 0.3 is 0 Å². The minimum absolute atomic E-state index is 0.284. The predicted octanol–water partition coefficient (Wildman–Crippen LogP) is 2.20. The van der Waals surface area contributed by atoms with Gasteiger partial charge in [-0.3, -0.25) is 24.5 Å². The minimum atomic E-state index is -0.582. The summed E-state index contributed by atoms with van der Waals surface area (Å²) in [7, 11) is 0. The van der Waals surface area contributed by atoms with Crippen LogP contribution in [0.25, 0.3) is 11.0 Å². The number of ether oxygens (including phenoxy) is 2. The maximum absolute atomic E-state index is 13.1. The molecule has 1 aliphatic heterocycles. The molecule has 1 saturated heterocycles. The fourth-order valence-electron chi connectivity index (χ4n) is 4.31. The number of fused-ring (bicyclic) bond motifs is 1. The summed E-state index contributed by atoms with van der Waals surface area (Å²) in [6.07, 6.45) is 2.52. The summed E-state index contributed by atoms with van der Waals surface area (Å²) in [6.45, 7) is 13.2. The number of aryl methyl sites for hydroxylation is 2. The lowest BCUT2D eigenvalue weighted by atomic mass is 10.1. The third kappa shape index (κ3) is 5.58. The summed E-state index contributed by atoms with van der Waals surface area (Å²) >= 11 is 0. The molecule has 0 saturated carbocycles. The van der Waals surface area contributed by atoms with E-state index in [0.29, 0.717) is 48.1 Å². The Balaban J connectivity index is 1.62. The second-order valence-electron chi connectivity index (χ2n) is 8.64. The number of morpholine rings is 1. The van der Waals surface area contributed by atoms with Crippen LogP contribution < -0.4 is 15.8 Å². The molecule has 11 heteroatoms. The van der Waals surface area contributed by atoms with Crippen LogP contribution in [0.3, 0.4) is 0 Å². The lowest BCUT2D eigenvalue weighted by molar-refractivity contribution is 0.0358. The van der Waals surface area contributed by atoms with E-state index in [0.717, 1.165) is 45.0 Å². The van der Waals surface area contributed by atoms with Crippen LogP contribution in [0.2, 0.25) is 0 Å². The highest BCUT2D eigenvalue weighted by atomic mass is 16.5. The van der Waals surface area contributed by atoms with Crippen molar-refractivity contribution in [1.82, 2.24) is 24.2 Å². The van der Waals surface area contributed by atoms with Gasteiger partial charge < -0.3 is 19.8 Å². The number of imidazole rings is 1. The molecule has 2 amide bonds. The van der Waals surface area contributed by atoms with Crippen molar-refractivity contribution in [2.45, 2.75) is 33.4 Å². The van der Waals surface area contributed by atoms with E-state index >= 15 is 0 Å². The fraction of sp³-hybridized carbons (Fsp3) is 0.440. The molecule has 2 aromatic heterocycles. The molecule has 36 heavy (non-hydrogen) atoms. The molecule has 1 aliphatic rings. The Bertz CT molecular complexity index is 1260. The van der Waals surface area contributed by atoms with E-state index in [4.69, 9.17) is 15.2 Å². The lowest BCUT2D eigenvalue weighted by Gasteiger charge is -2.26. The predicted molar refractivity (Wildman–Crippen MR) is 136 cm³/mol. The van der Waals surface area contributed by atoms with Crippen molar-refractivity contribution >= 4 is 28.8 Å². The van der Waals surface area contributed by atoms with Gasteiger partial charge in [-0.1, -0.05) is 6.08 Å². The standard InChI is InChI=1S/C25H33N7O4/c1-4-7-31-22-19(27-25(31)28-24(34)20-14-17(3)29-32(20)5-2)15-18(23(26)33)16-21(22)36-11-6-8-30-9-12-35-13-10-30/h4,14-16H,1,5-13H2,2-3H3,(H2,26,33)(H,27,28,34). The lowest BCUT2D eigenvalue weighted by Crippen LogP contribution is -2.37. The number of benzene rings is 1. The molecule has 192 valence electrons. The van der Waals surface area contributed by atoms with Crippen LogP contribution in [-0.4, -0.2) is 75.5 Å². The Hall–Kier alpha value is -3.70. The van der Waals surface area contributed by atoms with Crippen LogP contribution in [0.4, 0.5) is 5.95 Å². The van der Waals surface area contributed by atoms with Gasteiger partial charge in [-0.15, -0.1) is 6.58 Å². The van der Waals surface area contributed by atoms with Gasteiger partial charge in [0.1, 0.15) is 17.0 Å². The zero-order valence-electron chi connectivity index (χ0n) is 20.8. The number of carbonyl (C=O) groups is 2. The van der Waals surface area contributed by atoms with E-state index in [-0.39, 0.29) is 11.5 Å². The largest absolute Gasteiger partial charge is 0.491 e. The number of amides is 2. The van der Waals surface area contributed by atoms with Crippen LogP contribution in [0, 0.1) is 6.92 Å².